The Kier molecular flexibility index (Phi) is 12.1. The van der Waals surface area contributed by atoms with Crippen LogP contribution in [0.25, 0.3) is 0 Å². The molecule has 0 saturated carbocycles. The molecule has 0 fully saturated rings. The van der Waals surface area contributed by atoms with Crippen molar-refractivity contribution in [2.75, 3.05) is 6.54 Å². The lowest BCUT2D eigenvalue weighted by atomic mass is 9.80. The third-order valence-electron chi connectivity index (χ3n) is 5.82. The summed E-state index contributed by atoms with van der Waals surface area (Å²) in [7, 11) is 0. The average molecular weight is 388 g/mol. The lowest BCUT2D eigenvalue weighted by Gasteiger charge is -2.42. The van der Waals surface area contributed by atoms with E-state index in [1.807, 2.05) is 0 Å². The van der Waals surface area contributed by atoms with Crippen LogP contribution in [0, 0.1) is 5.41 Å². The SMILES string of the molecule is CCCCCCCCCCCCN(Cc1ccccc1)C(C)(C)CC(C)(C)C. The van der Waals surface area contributed by atoms with E-state index < -0.39 is 0 Å². The van der Waals surface area contributed by atoms with Crippen LogP contribution in [-0.2, 0) is 6.54 Å². The smallest absolute Gasteiger partial charge is 0.0239 e. The molecule has 0 unspecified atom stereocenters. The molecule has 0 heterocycles. The number of nitrogens with zero attached hydrogens (tertiary/aromatic N) is 1. The molecule has 1 rings (SSSR count). The van der Waals surface area contributed by atoms with Crippen molar-refractivity contribution in [1.82, 2.24) is 4.90 Å². The van der Waals surface area contributed by atoms with Crippen LogP contribution < -0.4 is 0 Å². The quantitative estimate of drug-likeness (QED) is 0.272. The Hall–Kier alpha value is -0.820. The minimum absolute atomic E-state index is 0.230. The van der Waals surface area contributed by atoms with Gasteiger partial charge >= 0.3 is 0 Å². The summed E-state index contributed by atoms with van der Waals surface area (Å²) in [5, 5.41) is 0. The molecule has 0 saturated heterocycles. The fourth-order valence-electron chi connectivity index (χ4n) is 4.60. The molecule has 1 heteroatoms. The first-order valence-corrected chi connectivity index (χ1v) is 12.0. The van der Waals surface area contributed by atoms with Crippen LogP contribution in [0.1, 0.15) is 118 Å². The lowest BCUT2D eigenvalue weighted by Crippen LogP contribution is -2.46. The first-order chi connectivity index (χ1) is 13.2. The van der Waals surface area contributed by atoms with Crippen molar-refractivity contribution in [1.29, 1.82) is 0 Å². The molecule has 0 aliphatic heterocycles. The van der Waals surface area contributed by atoms with E-state index in [9.17, 15) is 0 Å². The number of hydrogen-bond acceptors (Lipinski definition) is 1. The summed E-state index contributed by atoms with van der Waals surface area (Å²) in [5.74, 6) is 0. The van der Waals surface area contributed by atoms with Crippen LogP contribution in [0.5, 0.6) is 0 Å². The number of unbranched alkanes of at least 4 members (excludes halogenated alkanes) is 9. The summed E-state index contributed by atoms with van der Waals surface area (Å²) in [6.45, 7) is 16.6. The zero-order chi connectivity index (χ0) is 20.9. The van der Waals surface area contributed by atoms with E-state index in [1.165, 1.54) is 82.7 Å². The summed E-state index contributed by atoms with van der Waals surface area (Å²) in [4.78, 5) is 2.73. The number of benzene rings is 1. The topological polar surface area (TPSA) is 3.24 Å². The molecule has 162 valence electrons. The molecule has 0 aliphatic carbocycles. The molecule has 0 atom stereocenters. The van der Waals surface area contributed by atoms with Gasteiger partial charge in [0.15, 0.2) is 0 Å². The van der Waals surface area contributed by atoms with E-state index >= 15 is 0 Å². The summed E-state index contributed by atoms with van der Waals surface area (Å²) in [6, 6.07) is 11.0. The highest BCUT2D eigenvalue weighted by molar-refractivity contribution is 5.15. The second kappa shape index (κ2) is 13.4. The van der Waals surface area contributed by atoms with Gasteiger partial charge in [-0.1, -0.05) is 116 Å². The Labute approximate surface area is 177 Å². The van der Waals surface area contributed by atoms with Crippen LogP contribution >= 0.6 is 0 Å². The summed E-state index contributed by atoms with van der Waals surface area (Å²) in [5.41, 5.74) is 2.03. The van der Waals surface area contributed by atoms with Gasteiger partial charge in [0, 0.05) is 12.1 Å². The maximum absolute atomic E-state index is 2.73. The van der Waals surface area contributed by atoms with Crippen molar-refractivity contribution in [2.24, 2.45) is 5.41 Å². The lowest BCUT2D eigenvalue weighted by molar-refractivity contribution is 0.0676. The van der Waals surface area contributed by atoms with E-state index in [0.29, 0.717) is 5.41 Å². The summed E-state index contributed by atoms with van der Waals surface area (Å²) >= 11 is 0. The van der Waals surface area contributed by atoms with Crippen molar-refractivity contribution < 1.29 is 0 Å². The molecule has 0 spiro atoms. The van der Waals surface area contributed by atoms with Gasteiger partial charge in [0.2, 0.25) is 0 Å². The molecule has 1 aromatic rings. The predicted molar refractivity (Wildman–Crippen MR) is 127 cm³/mol. The Bertz CT molecular complexity index is 483. The van der Waals surface area contributed by atoms with Crippen LogP contribution in [0.15, 0.2) is 30.3 Å². The van der Waals surface area contributed by atoms with Crippen molar-refractivity contribution in [2.45, 2.75) is 124 Å². The first-order valence-electron chi connectivity index (χ1n) is 12.0. The van der Waals surface area contributed by atoms with Gasteiger partial charge in [-0.15, -0.1) is 0 Å². The van der Waals surface area contributed by atoms with Gasteiger partial charge in [0.05, 0.1) is 0 Å². The standard InChI is InChI=1S/C27H49N/c1-7-8-9-10-11-12-13-14-15-19-22-28(23-25-20-17-16-18-21-25)27(5,6)24-26(2,3)4/h16-18,20-21H,7-15,19,22-24H2,1-6H3. The van der Waals surface area contributed by atoms with Crippen molar-refractivity contribution in [3.8, 4) is 0 Å². The zero-order valence-corrected chi connectivity index (χ0v) is 20.0. The predicted octanol–water partition coefficient (Wildman–Crippen LogP) is 8.62. The molecule has 1 aromatic carbocycles. The van der Waals surface area contributed by atoms with E-state index in [0.717, 1.165) is 6.54 Å². The Morgan fingerprint density at radius 3 is 1.68 bits per heavy atom. The fourth-order valence-corrected chi connectivity index (χ4v) is 4.60. The summed E-state index contributed by atoms with van der Waals surface area (Å²) in [6.07, 6.45) is 15.3. The second-order valence-corrected chi connectivity index (χ2v) is 10.6. The van der Waals surface area contributed by atoms with Crippen LogP contribution in [-0.4, -0.2) is 17.0 Å². The third-order valence-corrected chi connectivity index (χ3v) is 5.82. The van der Waals surface area contributed by atoms with Gasteiger partial charge in [-0.3, -0.25) is 4.90 Å². The van der Waals surface area contributed by atoms with Crippen LogP contribution in [0.3, 0.4) is 0 Å². The van der Waals surface area contributed by atoms with Gasteiger partial charge in [-0.25, -0.2) is 0 Å². The highest BCUT2D eigenvalue weighted by Gasteiger charge is 2.31. The third kappa shape index (κ3) is 11.9. The average Bonchev–Trinajstić information content (AvgIpc) is 2.61. The largest absolute Gasteiger partial charge is 0.294 e. The van der Waals surface area contributed by atoms with Gasteiger partial charge < -0.3 is 0 Å². The molecule has 28 heavy (non-hydrogen) atoms. The van der Waals surface area contributed by atoms with Crippen molar-refractivity contribution in [3.63, 3.8) is 0 Å². The molecule has 0 aliphatic rings. The zero-order valence-electron chi connectivity index (χ0n) is 20.0. The van der Waals surface area contributed by atoms with Crippen molar-refractivity contribution >= 4 is 0 Å². The number of hydrogen-bond donors (Lipinski definition) is 0. The minimum atomic E-state index is 0.230. The molecule has 0 aromatic heterocycles. The Morgan fingerprint density at radius 1 is 0.679 bits per heavy atom. The van der Waals surface area contributed by atoms with Gasteiger partial charge in [-0.05, 0) is 44.2 Å². The number of rotatable bonds is 15. The van der Waals surface area contributed by atoms with E-state index in [4.69, 9.17) is 0 Å². The molecule has 0 N–H and O–H groups in total. The normalized spacial score (nSPS) is 12.7. The molecule has 0 amide bonds. The van der Waals surface area contributed by atoms with Gasteiger partial charge in [0.1, 0.15) is 0 Å². The minimum Gasteiger partial charge on any atom is -0.294 e. The molecular formula is C27H49N. The van der Waals surface area contributed by atoms with Gasteiger partial charge in [-0.2, -0.15) is 0 Å². The molecule has 0 bridgehead atoms. The van der Waals surface area contributed by atoms with E-state index in [-0.39, 0.29) is 5.54 Å². The first kappa shape index (κ1) is 25.2. The molecule has 0 radical (unpaired) electrons. The maximum atomic E-state index is 2.73. The second-order valence-electron chi connectivity index (χ2n) is 10.6. The molecular weight excluding hydrogens is 338 g/mol. The molecule has 1 nitrogen and oxygen atoms in total. The van der Waals surface area contributed by atoms with E-state index in [1.54, 1.807) is 0 Å². The summed E-state index contributed by atoms with van der Waals surface area (Å²) < 4.78 is 0. The van der Waals surface area contributed by atoms with E-state index in [2.05, 4.69) is 76.8 Å². The fraction of sp³-hybridized carbons (Fsp3) is 0.778. The van der Waals surface area contributed by atoms with Crippen LogP contribution in [0.4, 0.5) is 0 Å². The monoisotopic (exact) mass is 387 g/mol. The highest BCUT2D eigenvalue weighted by Crippen LogP contribution is 2.32. The Morgan fingerprint density at radius 2 is 1.18 bits per heavy atom. The maximum Gasteiger partial charge on any atom is 0.0239 e. The Balaban J connectivity index is 2.41. The van der Waals surface area contributed by atoms with Crippen molar-refractivity contribution in [3.05, 3.63) is 35.9 Å². The van der Waals surface area contributed by atoms with Gasteiger partial charge in [0.25, 0.3) is 0 Å². The highest BCUT2D eigenvalue weighted by atomic mass is 15.2. The van der Waals surface area contributed by atoms with Crippen LogP contribution in [0.2, 0.25) is 0 Å².